The predicted octanol–water partition coefficient (Wildman–Crippen LogP) is 2.26. The molecule has 0 aromatic heterocycles. The van der Waals surface area contributed by atoms with Crippen molar-refractivity contribution in [3.63, 3.8) is 0 Å². The second-order valence-electron chi connectivity index (χ2n) is 5.32. The molecule has 112 valence electrons. The van der Waals surface area contributed by atoms with E-state index in [0.29, 0.717) is 36.9 Å². The summed E-state index contributed by atoms with van der Waals surface area (Å²) in [7, 11) is 1.37. The van der Waals surface area contributed by atoms with Crippen LogP contribution in [0.15, 0.2) is 24.3 Å². The van der Waals surface area contributed by atoms with Crippen LogP contribution in [0.5, 0.6) is 0 Å². The number of carbonyl (C=O) groups is 3. The molecule has 0 aliphatic carbocycles. The summed E-state index contributed by atoms with van der Waals surface area (Å²) in [4.78, 5) is 36.7. The molecular formula is C16H19NO4. The van der Waals surface area contributed by atoms with Gasteiger partial charge in [-0.25, -0.2) is 0 Å². The van der Waals surface area contributed by atoms with Gasteiger partial charge in [0.05, 0.1) is 18.2 Å². The molecule has 1 atom stereocenters. The zero-order valence-electron chi connectivity index (χ0n) is 12.3. The molecule has 0 unspecified atom stereocenters. The first-order valence-electron chi connectivity index (χ1n) is 7.06. The maximum Gasteiger partial charge on any atom is 0.305 e. The van der Waals surface area contributed by atoms with Crippen molar-refractivity contribution in [3.8, 4) is 0 Å². The fourth-order valence-corrected chi connectivity index (χ4v) is 2.40. The number of amides is 2. The molecule has 0 saturated heterocycles. The molecule has 0 spiro atoms. The average molecular weight is 289 g/mol. The Bertz CT molecular complexity index is 532. The summed E-state index contributed by atoms with van der Waals surface area (Å²) < 4.78 is 4.60. The Balaban J connectivity index is 1.89. The SMILES string of the molecule is COC(=O)CC[C@@H](C)CCN1C(=O)c2ccccc2C1=O. The van der Waals surface area contributed by atoms with Gasteiger partial charge in [-0.3, -0.25) is 19.3 Å². The van der Waals surface area contributed by atoms with Crippen LogP contribution in [0, 0.1) is 5.92 Å². The van der Waals surface area contributed by atoms with Crippen LogP contribution in [-0.4, -0.2) is 36.3 Å². The number of ether oxygens (including phenoxy) is 1. The topological polar surface area (TPSA) is 63.7 Å². The highest BCUT2D eigenvalue weighted by Crippen LogP contribution is 2.23. The summed E-state index contributed by atoms with van der Waals surface area (Å²) in [5.41, 5.74) is 0.953. The molecule has 1 heterocycles. The van der Waals surface area contributed by atoms with Gasteiger partial charge in [0.15, 0.2) is 0 Å². The lowest BCUT2D eigenvalue weighted by molar-refractivity contribution is -0.140. The summed E-state index contributed by atoms with van der Waals surface area (Å²) in [6.45, 7) is 2.38. The average Bonchev–Trinajstić information content (AvgIpc) is 2.75. The minimum atomic E-state index is -0.234. The third kappa shape index (κ3) is 3.29. The molecular weight excluding hydrogens is 270 g/mol. The second-order valence-corrected chi connectivity index (χ2v) is 5.32. The van der Waals surface area contributed by atoms with Gasteiger partial charge < -0.3 is 4.74 Å². The standard InChI is InChI=1S/C16H19NO4/c1-11(7-8-14(18)21-2)9-10-17-15(19)12-5-3-4-6-13(12)16(17)20/h3-6,11H,7-10H2,1-2H3/t11-/m1/s1. The monoisotopic (exact) mass is 289 g/mol. The zero-order chi connectivity index (χ0) is 15.4. The van der Waals surface area contributed by atoms with Crippen LogP contribution >= 0.6 is 0 Å². The van der Waals surface area contributed by atoms with E-state index in [1.807, 2.05) is 6.92 Å². The molecule has 0 radical (unpaired) electrons. The Morgan fingerprint density at radius 1 is 1.14 bits per heavy atom. The van der Waals surface area contributed by atoms with E-state index in [-0.39, 0.29) is 23.7 Å². The van der Waals surface area contributed by atoms with Crippen molar-refractivity contribution in [2.75, 3.05) is 13.7 Å². The minimum absolute atomic E-state index is 0.226. The van der Waals surface area contributed by atoms with E-state index in [0.717, 1.165) is 0 Å². The van der Waals surface area contributed by atoms with Crippen LogP contribution < -0.4 is 0 Å². The first-order chi connectivity index (χ1) is 10.0. The molecule has 21 heavy (non-hydrogen) atoms. The van der Waals surface area contributed by atoms with E-state index in [9.17, 15) is 14.4 Å². The lowest BCUT2D eigenvalue weighted by Crippen LogP contribution is -2.31. The molecule has 1 aliphatic heterocycles. The Labute approximate surface area is 123 Å². The molecule has 5 heteroatoms. The van der Waals surface area contributed by atoms with Gasteiger partial charge in [-0.2, -0.15) is 0 Å². The van der Waals surface area contributed by atoms with Crippen LogP contribution in [-0.2, 0) is 9.53 Å². The van der Waals surface area contributed by atoms with E-state index >= 15 is 0 Å². The van der Waals surface area contributed by atoms with Crippen LogP contribution in [0.1, 0.15) is 46.9 Å². The molecule has 0 saturated carbocycles. The molecule has 2 rings (SSSR count). The number of esters is 1. The van der Waals surface area contributed by atoms with Crippen molar-refractivity contribution >= 4 is 17.8 Å². The predicted molar refractivity (Wildman–Crippen MR) is 76.8 cm³/mol. The highest BCUT2D eigenvalue weighted by Gasteiger charge is 2.34. The normalized spacial score (nSPS) is 15.0. The third-order valence-corrected chi connectivity index (χ3v) is 3.79. The Kier molecular flexibility index (Phi) is 4.73. The van der Waals surface area contributed by atoms with E-state index in [1.165, 1.54) is 12.0 Å². The number of nitrogens with zero attached hydrogens (tertiary/aromatic N) is 1. The van der Waals surface area contributed by atoms with Crippen LogP contribution in [0.2, 0.25) is 0 Å². The van der Waals surface area contributed by atoms with Gasteiger partial charge in [0.2, 0.25) is 0 Å². The molecule has 0 fully saturated rings. The molecule has 0 N–H and O–H groups in total. The van der Waals surface area contributed by atoms with E-state index in [2.05, 4.69) is 4.74 Å². The van der Waals surface area contributed by atoms with E-state index in [1.54, 1.807) is 24.3 Å². The zero-order valence-corrected chi connectivity index (χ0v) is 12.3. The Morgan fingerprint density at radius 2 is 1.71 bits per heavy atom. The minimum Gasteiger partial charge on any atom is -0.469 e. The summed E-state index contributed by atoms with van der Waals surface area (Å²) in [6.07, 6.45) is 1.73. The fraction of sp³-hybridized carbons (Fsp3) is 0.438. The number of hydrogen-bond acceptors (Lipinski definition) is 4. The van der Waals surface area contributed by atoms with Gasteiger partial charge in [0, 0.05) is 13.0 Å². The first kappa shape index (κ1) is 15.2. The van der Waals surface area contributed by atoms with Crippen molar-refractivity contribution in [1.82, 2.24) is 4.90 Å². The highest BCUT2D eigenvalue weighted by atomic mass is 16.5. The molecule has 0 bridgehead atoms. The molecule has 1 aromatic rings. The second kappa shape index (κ2) is 6.52. The smallest absolute Gasteiger partial charge is 0.305 e. The fourth-order valence-electron chi connectivity index (χ4n) is 2.40. The Morgan fingerprint density at radius 3 is 2.24 bits per heavy atom. The number of rotatable bonds is 6. The van der Waals surface area contributed by atoms with Gasteiger partial charge in [-0.15, -0.1) is 0 Å². The maximum absolute atomic E-state index is 12.2. The van der Waals surface area contributed by atoms with Gasteiger partial charge in [0.1, 0.15) is 0 Å². The van der Waals surface area contributed by atoms with Crippen molar-refractivity contribution in [2.45, 2.75) is 26.2 Å². The third-order valence-electron chi connectivity index (χ3n) is 3.79. The van der Waals surface area contributed by atoms with Crippen LogP contribution in [0.3, 0.4) is 0 Å². The van der Waals surface area contributed by atoms with Gasteiger partial charge in [0.25, 0.3) is 11.8 Å². The van der Waals surface area contributed by atoms with Gasteiger partial charge in [-0.05, 0) is 30.9 Å². The van der Waals surface area contributed by atoms with Crippen molar-refractivity contribution in [3.05, 3.63) is 35.4 Å². The highest BCUT2D eigenvalue weighted by molar-refractivity contribution is 6.21. The summed E-state index contributed by atoms with van der Waals surface area (Å²) in [5.74, 6) is -0.442. The Hall–Kier alpha value is -2.17. The van der Waals surface area contributed by atoms with E-state index in [4.69, 9.17) is 0 Å². The number of imide groups is 1. The van der Waals surface area contributed by atoms with Crippen molar-refractivity contribution in [1.29, 1.82) is 0 Å². The summed E-state index contributed by atoms with van der Waals surface area (Å²) in [6, 6.07) is 6.87. The number of fused-ring (bicyclic) bond motifs is 1. The largest absolute Gasteiger partial charge is 0.469 e. The lowest BCUT2D eigenvalue weighted by atomic mass is 10.0. The van der Waals surface area contributed by atoms with Gasteiger partial charge in [-0.1, -0.05) is 19.1 Å². The van der Waals surface area contributed by atoms with Crippen LogP contribution in [0.4, 0.5) is 0 Å². The number of hydrogen-bond donors (Lipinski definition) is 0. The molecule has 1 aliphatic rings. The first-order valence-corrected chi connectivity index (χ1v) is 7.06. The van der Waals surface area contributed by atoms with Gasteiger partial charge >= 0.3 is 5.97 Å². The maximum atomic E-state index is 12.2. The van der Waals surface area contributed by atoms with Crippen LogP contribution in [0.25, 0.3) is 0 Å². The summed E-state index contributed by atoms with van der Waals surface area (Å²) in [5, 5.41) is 0. The number of carbonyl (C=O) groups excluding carboxylic acids is 3. The number of benzene rings is 1. The summed E-state index contributed by atoms with van der Waals surface area (Å²) >= 11 is 0. The van der Waals surface area contributed by atoms with Crippen molar-refractivity contribution < 1.29 is 19.1 Å². The molecule has 1 aromatic carbocycles. The van der Waals surface area contributed by atoms with Crippen molar-refractivity contribution in [2.24, 2.45) is 5.92 Å². The lowest BCUT2D eigenvalue weighted by Gasteiger charge is -2.17. The molecule has 2 amide bonds. The van der Waals surface area contributed by atoms with E-state index < -0.39 is 0 Å². The number of methoxy groups -OCH3 is 1. The molecule has 5 nitrogen and oxygen atoms in total. The quantitative estimate of drug-likeness (QED) is 0.595.